The van der Waals surface area contributed by atoms with E-state index in [-0.39, 0.29) is 24.0 Å². The second kappa shape index (κ2) is 10.2. The highest BCUT2D eigenvalue weighted by Crippen LogP contribution is 2.26. The van der Waals surface area contributed by atoms with E-state index in [0.717, 1.165) is 32.1 Å². The molecule has 2 aromatic rings. The van der Waals surface area contributed by atoms with Gasteiger partial charge in [0.05, 0.1) is 23.9 Å². The number of ether oxygens (including phenoxy) is 2. The Hall–Kier alpha value is -2.57. The Morgan fingerprint density at radius 2 is 1.71 bits per heavy atom. The van der Waals surface area contributed by atoms with Crippen molar-refractivity contribution in [3.63, 3.8) is 0 Å². The summed E-state index contributed by atoms with van der Waals surface area (Å²) in [6.45, 7) is 1.31. The maximum atomic E-state index is 12.9. The number of carbonyl (C=O) groups is 2. The Balaban J connectivity index is 1.40. The van der Waals surface area contributed by atoms with Gasteiger partial charge in [-0.2, -0.15) is 0 Å². The van der Waals surface area contributed by atoms with Crippen LogP contribution in [0.3, 0.4) is 0 Å². The Morgan fingerprint density at radius 3 is 2.42 bits per heavy atom. The molecule has 31 heavy (non-hydrogen) atoms. The summed E-state index contributed by atoms with van der Waals surface area (Å²) in [5.41, 5.74) is 1.41. The molecule has 1 atom stereocenters. The van der Waals surface area contributed by atoms with Crippen LogP contribution in [0.2, 0.25) is 5.02 Å². The topological polar surface area (TPSA) is 76.7 Å². The van der Waals surface area contributed by atoms with Crippen LogP contribution in [0.1, 0.15) is 54.4 Å². The van der Waals surface area contributed by atoms with Crippen molar-refractivity contribution >= 4 is 29.1 Å². The van der Waals surface area contributed by atoms with Crippen molar-refractivity contribution in [3.8, 4) is 5.75 Å². The van der Waals surface area contributed by atoms with Crippen molar-refractivity contribution in [2.75, 3.05) is 18.5 Å². The minimum atomic E-state index is -0.296. The fourth-order valence-corrected chi connectivity index (χ4v) is 4.17. The number of anilines is 1. The standard InChI is InChI=1S/C24H27ClN2O4/c25-21-11-8-17(14-22(21)27-24(29)26-18-4-2-1-3-5-18)23(28)16-6-9-19(10-7-16)31-20-12-13-30-15-20/h6-11,14,18,20H,1-5,12-13,15H2,(H2,26,27,29)/t20-/m1/s1. The minimum absolute atomic E-state index is 0.0613. The van der Waals surface area contributed by atoms with Gasteiger partial charge in [0.2, 0.25) is 0 Å². The maximum absolute atomic E-state index is 12.9. The van der Waals surface area contributed by atoms with Crippen molar-refractivity contribution in [1.82, 2.24) is 5.32 Å². The van der Waals surface area contributed by atoms with E-state index in [1.807, 2.05) is 0 Å². The van der Waals surface area contributed by atoms with E-state index < -0.39 is 0 Å². The summed E-state index contributed by atoms with van der Waals surface area (Å²) in [6, 6.07) is 11.9. The quantitative estimate of drug-likeness (QED) is 0.603. The van der Waals surface area contributed by atoms with Gasteiger partial charge in [-0.15, -0.1) is 0 Å². The van der Waals surface area contributed by atoms with Gasteiger partial charge >= 0.3 is 6.03 Å². The molecule has 2 N–H and O–H groups in total. The van der Waals surface area contributed by atoms with Crippen LogP contribution in [0.25, 0.3) is 0 Å². The fourth-order valence-electron chi connectivity index (χ4n) is 4.00. The van der Waals surface area contributed by atoms with Gasteiger partial charge in [0.25, 0.3) is 0 Å². The first-order valence-corrected chi connectivity index (χ1v) is 11.2. The van der Waals surface area contributed by atoms with Gasteiger partial charge in [-0.05, 0) is 55.3 Å². The Labute approximate surface area is 187 Å². The second-order valence-electron chi connectivity index (χ2n) is 8.08. The van der Waals surface area contributed by atoms with Crippen LogP contribution >= 0.6 is 11.6 Å². The zero-order valence-corrected chi connectivity index (χ0v) is 18.1. The van der Waals surface area contributed by atoms with Crippen LogP contribution in [-0.2, 0) is 4.74 Å². The van der Waals surface area contributed by atoms with Gasteiger partial charge in [0.15, 0.2) is 5.78 Å². The van der Waals surface area contributed by atoms with Crippen LogP contribution < -0.4 is 15.4 Å². The highest BCUT2D eigenvalue weighted by molar-refractivity contribution is 6.34. The summed E-state index contributed by atoms with van der Waals surface area (Å²) in [5.74, 6) is 0.563. The maximum Gasteiger partial charge on any atom is 0.319 e. The molecule has 7 heteroatoms. The summed E-state index contributed by atoms with van der Waals surface area (Å²) in [5, 5.41) is 6.17. The fraction of sp³-hybridized carbons (Fsp3) is 0.417. The molecule has 6 nitrogen and oxygen atoms in total. The van der Waals surface area contributed by atoms with E-state index in [9.17, 15) is 9.59 Å². The number of carbonyl (C=O) groups excluding carboxylic acids is 2. The third-order valence-corrected chi connectivity index (χ3v) is 6.05. The number of rotatable bonds is 6. The molecule has 1 aliphatic carbocycles. The SMILES string of the molecule is O=C(Nc1cc(C(=O)c2ccc(O[C@@H]3CCOC3)cc2)ccc1Cl)NC1CCCCC1. The normalized spacial score (nSPS) is 19.1. The van der Waals surface area contributed by atoms with Gasteiger partial charge in [-0.25, -0.2) is 4.79 Å². The van der Waals surface area contributed by atoms with E-state index >= 15 is 0 Å². The van der Waals surface area contributed by atoms with E-state index in [4.69, 9.17) is 21.1 Å². The lowest BCUT2D eigenvalue weighted by Crippen LogP contribution is -2.39. The van der Waals surface area contributed by atoms with Crippen molar-refractivity contribution in [1.29, 1.82) is 0 Å². The van der Waals surface area contributed by atoms with Gasteiger partial charge in [0, 0.05) is 23.6 Å². The molecule has 4 rings (SSSR count). The highest BCUT2D eigenvalue weighted by Gasteiger charge is 2.19. The first-order valence-electron chi connectivity index (χ1n) is 10.8. The van der Waals surface area contributed by atoms with Gasteiger partial charge < -0.3 is 20.1 Å². The molecule has 1 saturated heterocycles. The van der Waals surface area contributed by atoms with Crippen molar-refractivity contribution in [2.45, 2.75) is 50.7 Å². The number of halogens is 1. The molecule has 2 aromatic carbocycles. The van der Waals surface area contributed by atoms with Crippen molar-refractivity contribution in [2.24, 2.45) is 0 Å². The first kappa shape index (κ1) is 21.7. The smallest absolute Gasteiger partial charge is 0.319 e. The highest BCUT2D eigenvalue weighted by atomic mass is 35.5. The molecule has 1 aliphatic heterocycles. The third-order valence-electron chi connectivity index (χ3n) is 5.72. The summed E-state index contributed by atoms with van der Waals surface area (Å²) in [6.07, 6.45) is 6.40. The Kier molecular flexibility index (Phi) is 7.10. The number of benzene rings is 2. The first-order chi connectivity index (χ1) is 15.1. The predicted octanol–water partition coefficient (Wildman–Crippen LogP) is 5.19. The van der Waals surface area contributed by atoms with Crippen LogP contribution in [0.5, 0.6) is 5.75 Å². The van der Waals surface area contributed by atoms with Crippen LogP contribution in [-0.4, -0.2) is 37.2 Å². The summed E-state index contributed by atoms with van der Waals surface area (Å²) < 4.78 is 11.2. The number of hydrogen-bond acceptors (Lipinski definition) is 4. The molecule has 2 aliphatic rings. The number of hydrogen-bond donors (Lipinski definition) is 2. The Bertz CT molecular complexity index is 920. The van der Waals surface area contributed by atoms with Crippen LogP contribution in [0, 0.1) is 0 Å². The van der Waals surface area contributed by atoms with E-state index in [0.29, 0.717) is 40.8 Å². The predicted molar refractivity (Wildman–Crippen MR) is 120 cm³/mol. The van der Waals surface area contributed by atoms with Gasteiger partial charge in [-0.3, -0.25) is 4.79 Å². The summed E-state index contributed by atoms with van der Waals surface area (Å²) in [4.78, 5) is 25.3. The lowest BCUT2D eigenvalue weighted by molar-refractivity contribution is 0.103. The number of ketones is 1. The van der Waals surface area contributed by atoms with E-state index in [1.165, 1.54) is 6.42 Å². The summed E-state index contributed by atoms with van der Waals surface area (Å²) >= 11 is 6.25. The molecule has 0 radical (unpaired) electrons. The molecule has 164 valence electrons. The molecule has 0 bridgehead atoms. The van der Waals surface area contributed by atoms with Gasteiger partial charge in [-0.1, -0.05) is 30.9 Å². The molecule has 2 amide bonds. The van der Waals surface area contributed by atoms with E-state index in [1.54, 1.807) is 42.5 Å². The largest absolute Gasteiger partial charge is 0.488 e. The van der Waals surface area contributed by atoms with Crippen LogP contribution in [0.15, 0.2) is 42.5 Å². The number of urea groups is 1. The van der Waals surface area contributed by atoms with E-state index in [2.05, 4.69) is 10.6 Å². The average Bonchev–Trinajstić information content (AvgIpc) is 3.29. The Morgan fingerprint density at radius 1 is 0.968 bits per heavy atom. The van der Waals surface area contributed by atoms with Crippen molar-refractivity contribution in [3.05, 3.63) is 58.6 Å². The third kappa shape index (κ3) is 5.77. The molecule has 0 spiro atoms. The van der Waals surface area contributed by atoms with Crippen molar-refractivity contribution < 1.29 is 19.1 Å². The van der Waals surface area contributed by atoms with Crippen LogP contribution in [0.4, 0.5) is 10.5 Å². The number of amides is 2. The molecule has 1 saturated carbocycles. The molecule has 1 heterocycles. The average molecular weight is 443 g/mol. The number of nitrogens with one attached hydrogen (secondary N) is 2. The lowest BCUT2D eigenvalue weighted by Gasteiger charge is -2.23. The van der Waals surface area contributed by atoms with Gasteiger partial charge in [0.1, 0.15) is 11.9 Å². The zero-order valence-electron chi connectivity index (χ0n) is 17.4. The molecule has 2 fully saturated rings. The molecular formula is C24H27ClN2O4. The zero-order chi connectivity index (χ0) is 21.6. The summed E-state index contributed by atoms with van der Waals surface area (Å²) in [7, 11) is 0. The molecule has 0 unspecified atom stereocenters. The second-order valence-corrected chi connectivity index (χ2v) is 8.49. The monoisotopic (exact) mass is 442 g/mol. The molecular weight excluding hydrogens is 416 g/mol. The minimum Gasteiger partial charge on any atom is -0.488 e. The molecule has 0 aromatic heterocycles. The lowest BCUT2D eigenvalue weighted by atomic mass is 9.96.